The lowest BCUT2D eigenvalue weighted by Crippen LogP contribution is -2.17. The fourth-order valence-electron chi connectivity index (χ4n) is 2.71. The van der Waals surface area contributed by atoms with Crippen molar-refractivity contribution in [3.8, 4) is 5.75 Å². The predicted molar refractivity (Wildman–Crippen MR) is 64.6 cm³/mol. The number of fused-ring (bicyclic) bond motifs is 1. The Balaban J connectivity index is 2.12. The van der Waals surface area contributed by atoms with Gasteiger partial charge in [-0.2, -0.15) is 0 Å². The van der Waals surface area contributed by atoms with E-state index < -0.39 is 0 Å². The summed E-state index contributed by atoms with van der Waals surface area (Å²) in [7, 11) is 2.17. The molecule has 0 amide bonds. The zero-order valence-electron chi connectivity index (χ0n) is 9.40. The van der Waals surface area contributed by atoms with Crippen LogP contribution < -0.4 is 0 Å². The van der Waals surface area contributed by atoms with Crippen molar-refractivity contribution in [3.05, 3.63) is 30.0 Å². The number of hydrogen-bond acceptors (Lipinski definition) is 2. The van der Waals surface area contributed by atoms with E-state index in [9.17, 15) is 5.11 Å². The van der Waals surface area contributed by atoms with Gasteiger partial charge in [0.2, 0.25) is 0 Å². The molecule has 1 atom stereocenters. The number of nitrogens with one attached hydrogen (secondary N) is 1. The van der Waals surface area contributed by atoms with E-state index >= 15 is 0 Å². The Morgan fingerprint density at radius 2 is 2.31 bits per heavy atom. The predicted octanol–water partition coefficient (Wildman–Crippen LogP) is 2.64. The Hall–Kier alpha value is -1.48. The second-order valence-corrected chi connectivity index (χ2v) is 4.61. The van der Waals surface area contributed by atoms with Gasteiger partial charge in [-0.15, -0.1) is 0 Å². The van der Waals surface area contributed by atoms with Crippen molar-refractivity contribution in [2.24, 2.45) is 0 Å². The number of aromatic nitrogens is 1. The third-order valence-electron chi connectivity index (χ3n) is 3.58. The van der Waals surface area contributed by atoms with Crippen molar-refractivity contribution in [2.45, 2.75) is 18.9 Å². The first-order valence-corrected chi connectivity index (χ1v) is 5.76. The largest absolute Gasteiger partial charge is 0.508 e. The number of benzene rings is 1. The van der Waals surface area contributed by atoms with Gasteiger partial charge in [0, 0.05) is 23.1 Å². The van der Waals surface area contributed by atoms with Crippen LogP contribution in [0.25, 0.3) is 10.9 Å². The molecule has 2 N–H and O–H groups in total. The molecule has 3 heteroatoms. The quantitative estimate of drug-likeness (QED) is 0.769. The molecule has 16 heavy (non-hydrogen) atoms. The molecule has 2 heterocycles. The first kappa shape index (κ1) is 9.73. The van der Waals surface area contributed by atoms with E-state index in [1.807, 2.05) is 12.1 Å². The number of aromatic hydroxyl groups is 1. The van der Waals surface area contributed by atoms with E-state index in [0.717, 1.165) is 17.4 Å². The molecule has 1 aromatic carbocycles. The average Bonchev–Trinajstić information content (AvgIpc) is 2.83. The number of phenolic OH excluding ortho intramolecular Hbond substituents is 1. The van der Waals surface area contributed by atoms with Gasteiger partial charge in [-0.25, -0.2) is 0 Å². The Bertz CT molecular complexity index is 518. The van der Waals surface area contributed by atoms with E-state index in [-0.39, 0.29) is 0 Å². The average molecular weight is 216 g/mol. The summed E-state index contributed by atoms with van der Waals surface area (Å²) in [4.78, 5) is 5.66. The minimum absolute atomic E-state index is 0.342. The van der Waals surface area contributed by atoms with Crippen LogP contribution in [-0.2, 0) is 0 Å². The van der Waals surface area contributed by atoms with Gasteiger partial charge in [-0.05, 0) is 50.2 Å². The fourth-order valence-corrected chi connectivity index (χ4v) is 2.71. The Morgan fingerprint density at radius 1 is 1.44 bits per heavy atom. The molecule has 0 aliphatic carbocycles. The molecule has 3 rings (SSSR count). The topological polar surface area (TPSA) is 39.3 Å². The maximum absolute atomic E-state index is 9.55. The highest BCUT2D eigenvalue weighted by Gasteiger charge is 2.24. The van der Waals surface area contributed by atoms with Gasteiger partial charge in [-0.3, -0.25) is 4.90 Å². The van der Waals surface area contributed by atoms with Gasteiger partial charge >= 0.3 is 0 Å². The summed E-state index contributed by atoms with van der Waals surface area (Å²) < 4.78 is 0. The fraction of sp³-hybridized carbons (Fsp3) is 0.385. The highest BCUT2D eigenvalue weighted by Crippen LogP contribution is 2.35. The normalized spacial score (nSPS) is 21.9. The third kappa shape index (κ3) is 1.39. The number of aromatic amines is 1. The molecule has 3 nitrogen and oxygen atoms in total. The minimum atomic E-state index is 0.342. The maximum Gasteiger partial charge on any atom is 0.116 e. The van der Waals surface area contributed by atoms with Crippen LogP contribution in [0.2, 0.25) is 0 Å². The maximum atomic E-state index is 9.55. The Labute approximate surface area is 94.7 Å². The molecule has 1 aromatic heterocycles. The number of hydrogen-bond donors (Lipinski definition) is 2. The number of phenols is 1. The summed E-state index contributed by atoms with van der Waals surface area (Å²) in [6.07, 6.45) is 4.54. The van der Waals surface area contributed by atoms with E-state index in [1.54, 1.807) is 6.07 Å². The monoisotopic (exact) mass is 216 g/mol. The molecule has 1 aliphatic rings. The van der Waals surface area contributed by atoms with Crippen LogP contribution in [0, 0.1) is 0 Å². The number of likely N-dealkylation sites (tertiary alicyclic amines) is 1. The van der Waals surface area contributed by atoms with E-state index in [4.69, 9.17) is 0 Å². The molecule has 1 aliphatic heterocycles. The molecule has 0 spiro atoms. The molecule has 0 bridgehead atoms. The van der Waals surface area contributed by atoms with Crippen molar-refractivity contribution in [2.75, 3.05) is 13.6 Å². The van der Waals surface area contributed by atoms with Crippen molar-refractivity contribution in [1.82, 2.24) is 9.88 Å². The zero-order valence-corrected chi connectivity index (χ0v) is 9.40. The third-order valence-corrected chi connectivity index (χ3v) is 3.58. The van der Waals surface area contributed by atoms with Crippen LogP contribution in [-0.4, -0.2) is 28.6 Å². The van der Waals surface area contributed by atoms with Crippen LogP contribution >= 0.6 is 0 Å². The number of nitrogens with zero attached hydrogens (tertiary/aromatic N) is 1. The van der Waals surface area contributed by atoms with Gasteiger partial charge < -0.3 is 10.1 Å². The molecule has 0 radical (unpaired) electrons. The van der Waals surface area contributed by atoms with Crippen molar-refractivity contribution >= 4 is 10.9 Å². The van der Waals surface area contributed by atoms with Crippen molar-refractivity contribution in [1.29, 1.82) is 0 Å². The van der Waals surface area contributed by atoms with Gasteiger partial charge in [0.05, 0.1) is 0 Å². The molecule has 0 unspecified atom stereocenters. The highest BCUT2D eigenvalue weighted by molar-refractivity contribution is 5.85. The van der Waals surface area contributed by atoms with Crippen molar-refractivity contribution < 1.29 is 5.11 Å². The number of H-pyrrole nitrogens is 1. The lowest BCUT2D eigenvalue weighted by atomic mass is 10.0. The molecular formula is C13H16N2O. The summed E-state index contributed by atoms with van der Waals surface area (Å²) in [6, 6.07) is 6.01. The summed E-state index contributed by atoms with van der Waals surface area (Å²) in [5.74, 6) is 0.342. The molecule has 1 saturated heterocycles. The first-order valence-electron chi connectivity index (χ1n) is 5.76. The lowest BCUT2D eigenvalue weighted by molar-refractivity contribution is 0.319. The summed E-state index contributed by atoms with van der Waals surface area (Å²) in [6.45, 7) is 1.16. The smallest absolute Gasteiger partial charge is 0.116 e. The van der Waals surface area contributed by atoms with E-state index in [0.29, 0.717) is 11.8 Å². The van der Waals surface area contributed by atoms with Gasteiger partial charge in [0.15, 0.2) is 0 Å². The standard InChI is InChI=1S/C13H16N2O/c1-15-6-2-3-13(15)11-8-14-12-5-4-9(16)7-10(11)12/h4-5,7-8,13-14,16H,2-3,6H2,1H3/t13-/m0/s1. The highest BCUT2D eigenvalue weighted by atomic mass is 16.3. The molecule has 0 saturated carbocycles. The second kappa shape index (κ2) is 3.52. The molecule has 1 fully saturated rings. The van der Waals surface area contributed by atoms with Crippen LogP contribution in [0.3, 0.4) is 0 Å². The van der Waals surface area contributed by atoms with Gasteiger partial charge in [-0.1, -0.05) is 0 Å². The summed E-state index contributed by atoms with van der Waals surface area (Å²) >= 11 is 0. The Morgan fingerprint density at radius 3 is 3.06 bits per heavy atom. The van der Waals surface area contributed by atoms with Crippen LogP contribution in [0.5, 0.6) is 5.75 Å². The molecule has 2 aromatic rings. The Kier molecular flexibility index (Phi) is 2.14. The molecular weight excluding hydrogens is 200 g/mol. The second-order valence-electron chi connectivity index (χ2n) is 4.61. The molecule has 84 valence electrons. The summed E-state index contributed by atoms with van der Waals surface area (Å²) in [5.41, 5.74) is 2.42. The van der Waals surface area contributed by atoms with Crippen LogP contribution in [0.4, 0.5) is 0 Å². The van der Waals surface area contributed by atoms with Crippen LogP contribution in [0.1, 0.15) is 24.4 Å². The first-order chi connectivity index (χ1) is 7.75. The van der Waals surface area contributed by atoms with Crippen molar-refractivity contribution in [3.63, 3.8) is 0 Å². The lowest BCUT2D eigenvalue weighted by Gasteiger charge is -2.18. The van der Waals surface area contributed by atoms with Gasteiger partial charge in [0.25, 0.3) is 0 Å². The van der Waals surface area contributed by atoms with E-state index in [1.165, 1.54) is 18.4 Å². The van der Waals surface area contributed by atoms with Gasteiger partial charge in [0.1, 0.15) is 5.75 Å². The minimum Gasteiger partial charge on any atom is -0.508 e. The zero-order chi connectivity index (χ0) is 11.1. The SMILES string of the molecule is CN1CCC[C@H]1c1c[nH]c2ccc(O)cc12. The summed E-state index contributed by atoms with van der Waals surface area (Å²) in [5, 5.41) is 10.7. The van der Waals surface area contributed by atoms with Crippen LogP contribution in [0.15, 0.2) is 24.4 Å². The number of rotatable bonds is 1. The van der Waals surface area contributed by atoms with E-state index in [2.05, 4.69) is 23.1 Å².